The second-order valence-electron chi connectivity index (χ2n) is 5.07. The normalized spacial score (nSPS) is 11.3. The molecule has 1 aromatic carbocycles. The number of aryl methyl sites for hydroxylation is 1. The van der Waals surface area contributed by atoms with Crippen molar-refractivity contribution in [3.05, 3.63) is 39.7 Å². The van der Waals surface area contributed by atoms with E-state index in [4.69, 9.17) is 32.4 Å². The van der Waals surface area contributed by atoms with Crippen LogP contribution in [0.25, 0.3) is 11.0 Å². The van der Waals surface area contributed by atoms with Crippen molar-refractivity contribution < 1.29 is 9.15 Å². The molecule has 0 fully saturated rings. The Labute approximate surface area is 139 Å². The summed E-state index contributed by atoms with van der Waals surface area (Å²) in [4.78, 5) is 13.7. The zero-order valence-electron chi connectivity index (χ0n) is 12.7. The molecule has 0 aliphatic rings. The van der Waals surface area contributed by atoms with E-state index in [2.05, 4.69) is 4.90 Å². The molecule has 0 amide bonds. The average molecular weight is 344 g/mol. The topological polar surface area (TPSA) is 42.7 Å². The molecule has 6 heteroatoms. The minimum absolute atomic E-state index is 0.359. The number of methoxy groups -OCH3 is 1. The fourth-order valence-corrected chi connectivity index (χ4v) is 3.00. The molecule has 0 unspecified atom stereocenters. The molecular weight excluding hydrogens is 325 g/mol. The van der Waals surface area contributed by atoms with Crippen LogP contribution in [-0.4, -0.2) is 36.9 Å². The molecule has 0 radical (unpaired) electrons. The Bertz CT molecular complexity index is 694. The maximum Gasteiger partial charge on any atom is 0.336 e. The van der Waals surface area contributed by atoms with Crippen LogP contribution in [0.1, 0.15) is 11.1 Å². The van der Waals surface area contributed by atoms with E-state index in [0.717, 1.165) is 29.6 Å². The summed E-state index contributed by atoms with van der Waals surface area (Å²) in [5.74, 6) is 1.77. The van der Waals surface area contributed by atoms with E-state index >= 15 is 0 Å². The summed E-state index contributed by atoms with van der Waals surface area (Å²) < 4.78 is 10.8. The van der Waals surface area contributed by atoms with Crippen molar-refractivity contribution in [3.63, 3.8) is 0 Å². The molecule has 1 aromatic heterocycles. The maximum absolute atomic E-state index is 11.6. The number of alkyl halides is 2. The Morgan fingerprint density at radius 1 is 1.18 bits per heavy atom. The number of hydrogen-bond donors (Lipinski definition) is 0. The number of fused-ring (bicyclic) bond motifs is 1. The fourth-order valence-electron chi connectivity index (χ4n) is 2.52. The van der Waals surface area contributed by atoms with Crippen LogP contribution in [0.3, 0.4) is 0 Å². The summed E-state index contributed by atoms with van der Waals surface area (Å²) in [7, 11) is 1.61. The maximum atomic E-state index is 11.6. The minimum Gasteiger partial charge on any atom is -0.496 e. The predicted octanol–water partition coefficient (Wildman–Crippen LogP) is 3.39. The van der Waals surface area contributed by atoms with Crippen molar-refractivity contribution in [2.45, 2.75) is 13.5 Å². The van der Waals surface area contributed by atoms with Gasteiger partial charge in [0.15, 0.2) is 0 Å². The Kier molecular flexibility index (Phi) is 6.12. The van der Waals surface area contributed by atoms with Crippen molar-refractivity contribution >= 4 is 34.2 Å². The second-order valence-corrected chi connectivity index (χ2v) is 5.83. The van der Waals surface area contributed by atoms with Gasteiger partial charge in [0.05, 0.1) is 12.5 Å². The molecular formula is C16H19Cl2NO3. The third-order valence-electron chi connectivity index (χ3n) is 3.49. The van der Waals surface area contributed by atoms with Crippen LogP contribution in [0.2, 0.25) is 0 Å². The Morgan fingerprint density at radius 3 is 2.45 bits per heavy atom. The first-order valence-electron chi connectivity index (χ1n) is 7.04. The molecule has 0 saturated heterocycles. The molecule has 0 bridgehead atoms. The van der Waals surface area contributed by atoms with Crippen LogP contribution in [-0.2, 0) is 6.54 Å². The lowest BCUT2D eigenvalue weighted by molar-refractivity contribution is 0.299. The molecule has 0 spiro atoms. The molecule has 4 nitrogen and oxygen atoms in total. The van der Waals surface area contributed by atoms with Crippen LogP contribution in [0, 0.1) is 6.92 Å². The second kappa shape index (κ2) is 7.86. The molecule has 0 N–H and O–H groups in total. The molecule has 0 saturated carbocycles. The smallest absolute Gasteiger partial charge is 0.336 e. The monoisotopic (exact) mass is 343 g/mol. The summed E-state index contributed by atoms with van der Waals surface area (Å²) >= 11 is 11.6. The summed E-state index contributed by atoms with van der Waals surface area (Å²) in [6.07, 6.45) is 0. The molecule has 0 aliphatic heterocycles. The third-order valence-corrected chi connectivity index (χ3v) is 3.83. The molecule has 2 aromatic rings. The largest absolute Gasteiger partial charge is 0.496 e. The van der Waals surface area contributed by atoms with Gasteiger partial charge in [0.1, 0.15) is 11.3 Å². The van der Waals surface area contributed by atoms with Crippen molar-refractivity contribution in [3.8, 4) is 5.75 Å². The average Bonchev–Trinajstić information content (AvgIpc) is 2.46. The van der Waals surface area contributed by atoms with Crippen molar-refractivity contribution in [2.75, 3.05) is 32.0 Å². The third kappa shape index (κ3) is 3.94. The zero-order valence-corrected chi connectivity index (χ0v) is 14.2. The highest BCUT2D eigenvalue weighted by Gasteiger charge is 2.12. The van der Waals surface area contributed by atoms with Crippen LogP contribution in [0.5, 0.6) is 5.75 Å². The van der Waals surface area contributed by atoms with Gasteiger partial charge in [-0.25, -0.2) is 4.79 Å². The highest BCUT2D eigenvalue weighted by molar-refractivity contribution is 6.18. The standard InChI is InChI=1S/C16H19Cl2NO3/c1-11-7-15(20)22-14-9-12(8-13(21-2)16(11)14)10-19(5-3-17)6-4-18/h7-9H,3-6,10H2,1-2H3. The summed E-state index contributed by atoms with van der Waals surface area (Å²) in [6, 6.07) is 5.31. The van der Waals surface area contributed by atoms with Crippen molar-refractivity contribution in [2.24, 2.45) is 0 Å². The van der Waals surface area contributed by atoms with Gasteiger partial charge < -0.3 is 9.15 Å². The summed E-state index contributed by atoms with van der Waals surface area (Å²) in [5.41, 5.74) is 2.01. The van der Waals surface area contributed by atoms with Crippen molar-refractivity contribution in [1.82, 2.24) is 4.90 Å². The quantitative estimate of drug-likeness (QED) is 0.570. The zero-order chi connectivity index (χ0) is 16.1. The highest BCUT2D eigenvalue weighted by atomic mass is 35.5. The lowest BCUT2D eigenvalue weighted by Gasteiger charge is -2.20. The Hall–Kier alpha value is -1.23. The van der Waals surface area contributed by atoms with Gasteiger partial charge in [0, 0.05) is 37.5 Å². The number of benzene rings is 1. The molecule has 0 aliphatic carbocycles. The van der Waals surface area contributed by atoms with E-state index in [0.29, 0.717) is 29.6 Å². The number of ether oxygens (including phenoxy) is 1. The van der Waals surface area contributed by atoms with Gasteiger partial charge in [0.2, 0.25) is 0 Å². The lowest BCUT2D eigenvalue weighted by atomic mass is 10.1. The van der Waals surface area contributed by atoms with Gasteiger partial charge in [-0.2, -0.15) is 0 Å². The Balaban J connectivity index is 2.45. The van der Waals surface area contributed by atoms with E-state index in [-0.39, 0.29) is 5.63 Å². The summed E-state index contributed by atoms with van der Waals surface area (Å²) in [5, 5.41) is 0.826. The van der Waals surface area contributed by atoms with E-state index < -0.39 is 0 Å². The van der Waals surface area contributed by atoms with E-state index in [1.807, 2.05) is 19.1 Å². The molecule has 2 rings (SSSR count). The van der Waals surface area contributed by atoms with Gasteiger partial charge in [0.25, 0.3) is 0 Å². The van der Waals surface area contributed by atoms with E-state index in [9.17, 15) is 4.79 Å². The van der Waals surface area contributed by atoms with Crippen LogP contribution >= 0.6 is 23.2 Å². The molecule has 22 heavy (non-hydrogen) atoms. The highest BCUT2D eigenvalue weighted by Crippen LogP contribution is 2.29. The Morgan fingerprint density at radius 2 is 1.86 bits per heavy atom. The van der Waals surface area contributed by atoms with Gasteiger partial charge in [-0.15, -0.1) is 23.2 Å². The van der Waals surface area contributed by atoms with Crippen LogP contribution in [0.15, 0.2) is 27.4 Å². The van der Waals surface area contributed by atoms with Gasteiger partial charge in [-0.1, -0.05) is 0 Å². The van der Waals surface area contributed by atoms with Gasteiger partial charge in [-0.3, -0.25) is 4.90 Å². The van der Waals surface area contributed by atoms with Gasteiger partial charge in [-0.05, 0) is 30.2 Å². The van der Waals surface area contributed by atoms with E-state index in [1.165, 1.54) is 6.07 Å². The first-order chi connectivity index (χ1) is 10.6. The van der Waals surface area contributed by atoms with E-state index in [1.54, 1.807) is 7.11 Å². The first-order valence-corrected chi connectivity index (χ1v) is 8.11. The SMILES string of the molecule is COc1cc(CN(CCCl)CCCl)cc2oc(=O)cc(C)c12. The number of hydrogen-bond acceptors (Lipinski definition) is 4. The van der Waals surface area contributed by atoms with Crippen LogP contribution < -0.4 is 10.4 Å². The van der Waals surface area contributed by atoms with Crippen LogP contribution in [0.4, 0.5) is 0 Å². The molecule has 0 atom stereocenters. The minimum atomic E-state index is -0.359. The molecule has 120 valence electrons. The molecule has 1 heterocycles. The lowest BCUT2D eigenvalue weighted by Crippen LogP contribution is -2.27. The summed E-state index contributed by atoms with van der Waals surface area (Å²) in [6.45, 7) is 4.02. The number of rotatable bonds is 7. The number of halogens is 2. The van der Waals surface area contributed by atoms with Crippen molar-refractivity contribution in [1.29, 1.82) is 0 Å². The number of nitrogens with zero attached hydrogens (tertiary/aromatic N) is 1. The fraction of sp³-hybridized carbons (Fsp3) is 0.438. The predicted molar refractivity (Wildman–Crippen MR) is 90.5 cm³/mol. The first kappa shape index (κ1) is 17.1. The van der Waals surface area contributed by atoms with Gasteiger partial charge >= 0.3 is 5.63 Å².